The standard InChI is InChI=1S/C48H74NO13P/c1-3-5-7-8-9-10-11-12-13-14-15-16-17-18-19-20-21-22-28-32-47(54)62-40(37-60-63(57,58)61-38-43(49)48(55)56)36-59-46(53)31-27-24-23-26-30-41-42(45(52)35-44(41)51)34-33-39(50)29-25-6-4-2/h5,7,9-10,12-13,15-16,18-19,21-23,26,33-34,39-43,45,50,52H,3-4,6,8,11,14,17,20,24-25,27-32,35-38,49H2,1-2H3,(H,55,56)(H,57,58)/b7-5-,10-9-,13-12-,16-15-,19-18-,22-21-,26-23-,34-33+/t39-,40+,41+,42+,43-,45+/m0/s1. The van der Waals surface area contributed by atoms with Crippen LogP contribution < -0.4 is 5.73 Å². The average molecular weight is 904 g/mol. The van der Waals surface area contributed by atoms with E-state index >= 15 is 0 Å². The fourth-order valence-corrected chi connectivity index (χ4v) is 6.91. The molecule has 0 aliphatic heterocycles. The molecule has 1 aliphatic rings. The summed E-state index contributed by atoms with van der Waals surface area (Å²) in [6.45, 7) is 2.21. The molecule has 0 heterocycles. The molecule has 0 amide bonds. The van der Waals surface area contributed by atoms with Gasteiger partial charge in [-0.3, -0.25) is 28.2 Å². The first kappa shape index (κ1) is 57.0. The number of allylic oxidation sites excluding steroid dienone is 14. The third-order valence-electron chi connectivity index (χ3n) is 9.70. The van der Waals surface area contributed by atoms with E-state index in [1.54, 1.807) is 12.2 Å². The van der Waals surface area contributed by atoms with Gasteiger partial charge in [0, 0.05) is 31.1 Å². The molecule has 15 heteroatoms. The number of ether oxygens (including phenoxy) is 2. The van der Waals surface area contributed by atoms with Gasteiger partial charge in [0.05, 0.1) is 25.4 Å². The van der Waals surface area contributed by atoms with Crippen LogP contribution >= 0.6 is 7.82 Å². The van der Waals surface area contributed by atoms with Crippen LogP contribution in [0.2, 0.25) is 0 Å². The fraction of sp³-hybridized carbons (Fsp3) is 0.583. The highest BCUT2D eigenvalue weighted by atomic mass is 31.2. The van der Waals surface area contributed by atoms with Gasteiger partial charge in [-0.1, -0.05) is 130 Å². The van der Waals surface area contributed by atoms with Gasteiger partial charge >= 0.3 is 25.7 Å². The number of phosphoric acid groups is 1. The third kappa shape index (κ3) is 30.7. The summed E-state index contributed by atoms with van der Waals surface area (Å²) in [4.78, 5) is 58.7. The number of aliphatic hydroxyl groups is 2. The van der Waals surface area contributed by atoms with Crippen LogP contribution in [0, 0.1) is 11.8 Å². The number of Topliss-reactive ketones (excluding diaryl/α,β-unsaturated/α-hetero) is 1. The number of rotatable bonds is 36. The molecule has 1 rings (SSSR count). The number of nitrogens with two attached hydrogens (primary N) is 1. The number of carbonyl (C=O) groups is 4. The summed E-state index contributed by atoms with van der Waals surface area (Å²) in [6.07, 6.45) is 40.0. The Kier molecular flexibility index (Phi) is 32.9. The van der Waals surface area contributed by atoms with Gasteiger partial charge in [0.1, 0.15) is 18.4 Å². The Morgan fingerprint density at radius 1 is 0.762 bits per heavy atom. The van der Waals surface area contributed by atoms with Crippen LogP contribution in [0.15, 0.2) is 97.2 Å². The lowest BCUT2D eigenvalue weighted by Gasteiger charge is -2.20. The molecule has 6 N–H and O–H groups in total. The molecule has 0 radical (unpaired) electrons. The van der Waals surface area contributed by atoms with Gasteiger partial charge in [0.25, 0.3) is 0 Å². The number of ketones is 1. The number of carboxylic acids is 1. The Morgan fingerprint density at radius 2 is 1.33 bits per heavy atom. The van der Waals surface area contributed by atoms with Gasteiger partial charge in [-0.15, -0.1) is 0 Å². The van der Waals surface area contributed by atoms with Crippen molar-refractivity contribution in [3.63, 3.8) is 0 Å². The van der Waals surface area contributed by atoms with E-state index in [2.05, 4.69) is 73.1 Å². The fourth-order valence-electron chi connectivity index (χ4n) is 6.13. The number of aliphatic carboxylic acids is 1. The van der Waals surface area contributed by atoms with Crippen molar-refractivity contribution in [3.8, 4) is 0 Å². The molecule has 0 bridgehead atoms. The minimum Gasteiger partial charge on any atom is -0.480 e. The van der Waals surface area contributed by atoms with E-state index in [0.29, 0.717) is 38.5 Å². The maximum atomic E-state index is 12.6. The zero-order valence-corrected chi connectivity index (χ0v) is 38.2. The second-order valence-corrected chi connectivity index (χ2v) is 16.7. The molecule has 0 spiro atoms. The summed E-state index contributed by atoms with van der Waals surface area (Å²) in [7, 11) is -4.81. The number of carboxylic acid groups (broad SMARTS) is 1. The van der Waals surface area contributed by atoms with Gasteiger partial charge in [-0.2, -0.15) is 0 Å². The Labute approximate surface area is 375 Å². The van der Waals surface area contributed by atoms with E-state index in [1.165, 1.54) is 0 Å². The molecule has 0 aromatic heterocycles. The highest BCUT2D eigenvalue weighted by Gasteiger charge is 2.39. The number of carbonyl (C=O) groups excluding carboxylic acids is 3. The molecular weight excluding hydrogens is 829 g/mol. The van der Waals surface area contributed by atoms with E-state index in [4.69, 9.17) is 24.8 Å². The van der Waals surface area contributed by atoms with Crippen molar-refractivity contribution in [2.45, 2.75) is 147 Å². The monoisotopic (exact) mass is 903 g/mol. The summed E-state index contributed by atoms with van der Waals surface area (Å²) in [5.41, 5.74) is 5.32. The Bertz CT molecular complexity index is 1600. The number of aliphatic hydroxyl groups excluding tert-OH is 2. The Morgan fingerprint density at radius 3 is 1.92 bits per heavy atom. The first-order valence-electron chi connectivity index (χ1n) is 22.4. The van der Waals surface area contributed by atoms with Crippen LogP contribution in [-0.4, -0.2) is 88.1 Å². The maximum Gasteiger partial charge on any atom is 0.472 e. The van der Waals surface area contributed by atoms with Crippen LogP contribution in [0.5, 0.6) is 0 Å². The van der Waals surface area contributed by atoms with Gasteiger partial charge in [-0.25, -0.2) is 4.57 Å². The highest BCUT2D eigenvalue weighted by Crippen LogP contribution is 2.43. The minimum atomic E-state index is -4.81. The van der Waals surface area contributed by atoms with Crippen LogP contribution in [0.3, 0.4) is 0 Å². The molecular formula is C48H74NO13P. The van der Waals surface area contributed by atoms with Crippen LogP contribution in [0.4, 0.5) is 0 Å². The van der Waals surface area contributed by atoms with E-state index in [1.807, 2.05) is 30.4 Å². The zero-order valence-electron chi connectivity index (χ0n) is 37.3. The maximum absolute atomic E-state index is 12.6. The predicted octanol–water partition coefficient (Wildman–Crippen LogP) is 8.64. The summed E-state index contributed by atoms with van der Waals surface area (Å²) < 4.78 is 32.6. The lowest BCUT2D eigenvalue weighted by Crippen LogP contribution is -2.34. The number of esters is 2. The van der Waals surface area contributed by atoms with Crippen molar-refractivity contribution in [1.29, 1.82) is 0 Å². The average Bonchev–Trinajstić information content (AvgIpc) is 3.52. The molecule has 1 aliphatic carbocycles. The van der Waals surface area contributed by atoms with E-state index in [9.17, 15) is 38.8 Å². The Hall–Kier alpha value is -4.01. The summed E-state index contributed by atoms with van der Waals surface area (Å²) in [5, 5.41) is 29.6. The molecule has 354 valence electrons. The van der Waals surface area contributed by atoms with E-state index in [-0.39, 0.29) is 31.0 Å². The molecule has 1 unspecified atom stereocenters. The zero-order chi connectivity index (χ0) is 46.6. The molecule has 14 nitrogen and oxygen atoms in total. The van der Waals surface area contributed by atoms with Crippen LogP contribution in [-0.2, 0) is 42.3 Å². The van der Waals surface area contributed by atoms with Crippen molar-refractivity contribution in [3.05, 3.63) is 97.2 Å². The summed E-state index contributed by atoms with van der Waals surface area (Å²) >= 11 is 0. The minimum absolute atomic E-state index is 0.00554. The normalized spacial score (nSPS) is 19.8. The predicted molar refractivity (Wildman–Crippen MR) is 245 cm³/mol. The van der Waals surface area contributed by atoms with E-state index < -0.39 is 75.8 Å². The quantitative estimate of drug-likeness (QED) is 0.0172. The highest BCUT2D eigenvalue weighted by molar-refractivity contribution is 7.47. The first-order valence-corrected chi connectivity index (χ1v) is 23.9. The van der Waals surface area contributed by atoms with Gasteiger partial charge in [0.2, 0.25) is 0 Å². The van der Waals surface area contributed by atoms with Crippen molar-refractivity contribution in [2.24, 2.45) is 17.6 Å². The number of phosphoric ester groups is 1. The van der Waals surface area contributed by atoms with Gasteiger partial charge < -0.3 is 35.4 Å². The molecule has 63 heavy (non-hydrogen) atoms. The third-order valence-corrected chi connectivity index (χ3v) is 10.6. The molecule has 0 aromatic carbocycles. The molecule has 1 saturated carbocycles. The van der Waals surface area contributed by atoms with Crippen molar-refractivity contribution < 1.29 is 62.5 Å². The number of unbranched alkanes of at least 4 members (excludes halogenated alkanes) is 3. The largest absolute Gasteiger partial charge is 0.480 e. The summed E-state index contributed by atoms with van der Waals surface area (Å²) in [6, 6.07) is -1.58. The van der Waals surface area contributed by atoms with Crippen molar-refractivity contribution in [2.75, 3.05) is 19.8 Å². The Balaban J connectivity index is 2.55. The van der Waals surface area contributed by atoms with Crippen LogP contribution in [0.1, 0.15) is 123 Å². The summed E-state index contributed by atoms with van der Waals surface area (Å²) in [5.74, 6) is -3.55. The molecule has 1 fully saturated rings. The molecule has 7 atom stereocenters. The van der Waals surface area contributed by atoms with Gasteiger partial charge in [-0.05, 0) is 70.6 Å². The van der Waals surface area contributed by atoms with Crippen molar-refractivity contribution >= 4 is 31.5 Å². The number of hydrogen-bond donors (Lipinski definition) is 5. The second kappa shape index (κ2) is 36.3. The van der Waals surface area contributed by atoms with Crippen molar-refractivity contribution in [1.82, 2.24) is 0 Å². The lowest BCUT2D eigenvalue weighted by molar-refractivity contribution is -0.161. The second-order valence-electron chi connectivity index (χ2n) is 15.2. The van der Waals surface area contributed by atoms with E-state index in [0.717, 1.165) is 51.4 Å². The van der Waals surface area contributed by atoms with Crippen LogP contribution in [0.25, 0.3) is 0 Å². The molecule has 0 aromatic rings. The first-order chi connectivity index (χ1) is 30.3. The lowest BCUT2D eigenvalue weighted by atomic mass is 9.90. The molecule has 0 saturated heterocycles. The smallest absolute Gasteiger partial charge is 0.472 e. The SMILES string of the molecule is CC/C=C\C/C=C\C/C=C\C/C=C\C/C=C\C/C=C\CCC(=O)O[C@H](COC(=O)CCC/C=C\C[C@H]1C(=O)C[C@@H](O)[C@@H]1/C=C/[C@@H](O)CCCCC)COP(=O)(O)OC[C@H](N)C(=O)O. The topological polar surface area (TPSA) is 229 Å². The number of hydrogen-bond acceptors (Lipinski definition) is 12. The van der Waals surface area contributed by atoms with Gasteiger partial charge in [0.15, 0.2) is 6.10 Å².